The summed E-state index contributed by atoms with van der Waals surface area (Å²) >= 11 is 0. The predicted molar refractivity (Wildman–Crippen MR) is 66.3 cm³/mol. The van der Waals surface area contributed by atoms with Crippen molar-refractivity contribution in [3.05, 3.63) is 41.3 Å². The minimum atomic E-state index is -3.45. The maximum absolute atomic E-state index is 11.9. The summed E-state index contributed by atoms with van der Waals surface area (Å²) in [7, 11) is -3.45. The lowest BCUT2D eigenvalue weighted by molar-refractivity contribution is -0.107. The lowest BCUT2D eigenvalue weighted by atomic mass is 10.2. The van der Waals surface area contributed by atoms with Gasteiger partial charge in [-0.25, -0.2) is 8.42 Å². The van der Waals surface area contributed by atoms with Crippen LogP contribution >= 0.6 is 0 Å². The fraction of sp³-hybridized carbons (Fsp3) is 0.333. The third kappa shape index (κ3) is 3.39. The monoisotopic (exact) mass is 253 g/mol. The Balaban J connectivity index is 2.09. The van der Waals surface area contributed by atoms with Crippen molar-refractivity contribution in [1.29, 1.82) is 0 Å². The molecule has 0 saturated carbocycles. The summed E-state index contributed by atoms with van der Waals surface area (Å²) < 4.78 is 24.8. The number of hydroxylamine groups is 1. The van der Waals surface area contributed by atoms with Crippen LogP contribution < -0.4 is 0 Å². The Hall–Kier alpha value is -1.17. The van der Waals surface area contributed by atoms with Gasteiger partial charge in [0, 0.05) is 12.0 Å². The van der Waals surface area contributed by atoms with E-state index in [0.717, 1.165) is 22.9 Å². The highest BCUT2D eigenvalue weighted by Gasteiger charge is 2.22. The first-order chi connectivity index (χ1) is 8.18. The number of rotatable bonds is 3. The van der Waals surface area contributed by atoms with E-state index in [9.17, 15) is 8.42 Å². The maximum Gasteiger partial charge on any atom is 0.258 e. The van der Waals surface area contributed by atoms with Crippen LogP contribution in [0.25, 0.3) is 6.08 Å². The van der Waals surface area contributed by atoms with Crippen LogP contribution in [0.4, 0.5) is 0 Å². The first kappa shape index (κ1) is 12.3. The number of sulfonamides is 1. The highest BCUT2D eigenvalue weighted by Crippen LogP contribution is 2.13. The zero-order valence-electron chi connectivity index (χ0n) is 9.45. The van der Waals surface area contributed by atoms with Gasteiger partial charge in [-0.15, -0.1) is 0 Å². The summed E-state index contributed by atoms with van der Waals surface area (Å²) in [5.74, 6) is 0. The zero-order valence-corrected chi connectivity index (χ0v) is 10.3. The van der Waals surface area contributed by atoms with Gasteiger partial charge in [-0.3, -0.25) is 4.84 Å². The smallest absolute Gasteiger partial charge is 0.258 e. The predicted octanol–water partition coefficient (Wildman–Crippen LogP) is 2.01. The molecule has 1 saturated heterocycles. The lowest BCUT2D eigenvalue weighted by Crippen LogP contribution is -2.34. The quantitative estimate of drug-likeness (QED) is 0.828. The Morgan fingerprint density at radius 2 is 1.94 bits per heavy atom. The molecular formula is C12H15NO3S. The molecule has 0 atom stereocenters. The molecule has 17 heavy (non-hydrogen) atoms. The van der Waals surface area contributed by atoms with E-state index < -0.39 is 10.0 Å². The van der Waals surface area contributed by atoms with Crippen LogP contribution in [-0.4, -0.2) is 26.0 Å². The first-order valence-corrected chi connectivity index (χ1v) is 7.07. The molecule has 2 rings (SSSR count). The molecule has 1 aromatic carbocycles. The van der Waals surface area contributed by atoms with E-state index >= 15 is 0 Å². The Labute approximate surface area is 102 Å². The van der Waals surface area contributed by atoms with Crippen molar-refractivity contribution in [2.24, 2.45) is 0 Å². The fourth-order valence-electron chi connectivity index (χ4n) is 1.57. The van der Waals surface area contributed by atoms with Crippen LogP contribution in [0.5, 0.6) is 0 Å². The van der Waals surface area contributed by atoms with Gasteiger partial charge in [0.25, 0.3) is 10.0 Å². The van der Waals surface area contributed by atoms with Crippen LogP contribution in [0.2, 0.25) is 0 Å². The van der Waals surface area contributed by atoms with Gasteiger partial charge in [0.1, 0.15) is 0 Å². The Kier molecular flexibility index (Phi) is 3.93. The third-order valence-electron chi connectivity index (χ3n) is 2.49. The van der Waals surface area contributed by atoms with E-state index in [1.54, 1.807) is 6.08 Å². The van der Waals surface area contributed by atoms with Gasteiger partial charge in [0.2, 0.25) is 0 Å². The van der Waals surface area contributed by atoms with Crippen molar-refractivity contribution < 1.29 is 13.3 Å². The molecule has 1 aliphatic rings. The molecule has 4 nitrogen and oxygen atoms in total. The van der Waals surface area contributed by atoms with Gasteiger partial charge >= 0.3 is 0 Å². The maximum atomic E-state index is 11.9. The normalized spacial score (nSPS) is 18.6. The van der Waals surface area contributed by atoms with Gasteiger partial charge in [0.05, 0.1) is 6.61 Å². The largest absolute Gasteiger partial charge is 0.284 e. The molecule has 92 valence electrons. The molecule has 1 heterocycles. The van der Waals surface area contributed by atoms with Crippen molar-refractivity contribution >= 4 is 16.1 Å². The van der Waals surface area contributed by atoms with Crippen molar-refractivity contribution in [2.75, 3.05) is 13.2 Å². The number of nitrogens with zero attached hydrogens (tertiary/aromatic N) is 1. The van der Waals surface area contributed by atoms with Crippen molar-refractivity contribution in [2.45, 2.75) is 12.8 Å². The highest BCUT2D eigenvalue weighted by molar-refractivity contribution is 7.92. The van der Waals surface area contributed by atoms with E-state index in [1.165, 1.54) is 5.41 Å². The van der Waals surface area contributed by atoms with E-state index in [2.05, 4.69) is 0 Å². The minimum absolute atomic E-state index is 0.432. The lowest BCUT2D eigenvalue weighted by Gasteiger charge is -2.23. The number of hydrogen-bond donors (Lipinski definition) is 0. The van der Waals surface area contributed by atoms with Crippen LogP contribution in [0, 0.1) is 0 Å². The average Bonchev–Trinajstić information content (AvgIpc) is 2.39. The molecule has 0 radical (unpaired) electrons. The Morgan fingerprint density at radius 3 is 2.59 bits per heavy atom. The molecule has 1 aromatic rings. The van der Waals surface area contributed by atoms with Crippen molar-refractivity contribution in [1.82, 2.24) is 4.47 Å². The Morgan fingerprint density at radius 1 is 1.18 bits per heavy atom. The Bertz CT molecular complexity index is 476. The fourth-order valence-corrected chi connectivity index (χ4v) is 2.64. The molecule has 0 bridgehead atoms. The first-order valence-electron chi connectivity index (χ1n) is 5.57. The molecule has 0 amide bonds. The third-order valence-corrected chi connectivity index (χ3v) is 3.82. The van der Waals surface area contributed by atoms with Crippen molar-refractivity contribution in [3.8, 4) is 0 Å². The molecule has 0 aliphatic carbocycles. The van der Waals surface area contributed by atoms with Gasteiger partial charge in [-0.05, 0) is 24.5 Å². The van der Waals surface area contributed by atoms with Gasteiger partial charge in [0.15, 0.2) is 0 Å². The van der Waals surface area contributed by atoms with Crippen LogP contribution in [0.15, 0.2) is 35.7 Å². The van der Waals surface area contributed by atoms with E-state index in [-0.39, 0.29) is 0 Å². The summed E-state index contributed by atoms with van der Waals surface area (Å²) in [6.45, 7) is 0.903. The second-order valence-electron chi connectivity index (χ2n) is 3.83. The number of hydrogen-bond acceptors (Lipinski definition) is 3. The molecule has 1 fully saturated rings. The van der Waals surface area contributed by atoms with Crippen LogP contribution in [0.1, 0.15) is 18.4 Å². The summed E-state index contributed by atoms with van der Waals surface area (Å²) in [4.78, 5) is 5.13. The summed E-state index contributed by atoms with van der Waals surface area (Å²) in [5, 5.41) is 1.19. The second-order valence-corrected chi connectivity index (χ2v) is 5.53. The molecule has 0 N–H and O–H groups in total. The number of benzene rings is 1. The van der Waals surface area contributed by atoms with E-state index in [1.807, 2.05) is 30.3 Å². The summed E-state index contributed by atoms with van der Waals surface area (Å²) in [6, 6.07) is 9.32. The molecular weight excluding hydrogens is 238 g/mol. The standard InChI is InChI=1S/C12H15NO3S/c14-17(15,13-9-4-5-10-16-13)11-8-12-6-2-1-3-7-12/h1-3,6-8,11H,4-5,9-10H2/b11-8+. The SMILES string of the molecule is O=S(=O)(/C=C/c1ccccc1)N1CCCCO1. The molecule has 0 spiro atoms. The summed E-state index contributed by atoms with van der Waals surface area (Å²) in [5.41, 5.74) is 0.855. The van der Waals surface area contributed by atoms with E-state index in [0.29, 0.717) is 13.2 Å². The van der Waals surface area contributed by atoms with Gasteiger partial charge in [-0.2, -0.15) is 0 Å². The van der Waals surface area contributed by atoms with Gasteiger partial charge in [-0.1, -0.05) is 34.8 Å². The second kappa shape index (κ2) is 5.44. The van der Waals surface area contributed by atoms with Crippen molar-refractivity contribution in [3.63, 3.8) is 0 Å². The topological polar surface area (TPSA) is 46.6 Å². The zero-order chi connectivity index (χ0) is 12.1. The molecule has 0 aromatic heterocycles. The molecule has 0 unspecified atom stereocenters. The highest BCUT2D eigenvalue weighted by atomic mass is 32.2. The molecule has 5 heteroatoms. The molecule has 1 aliphatic heterocycles. The summed E-state index contributed by atoms with van der Waals surface area (Å²) in [6.07, 6.45) is 3.33. The van der Waals surface area contributed by atoms with Crippen LogP contribution in [-0.2, 0) is 14.9 Å². The minimum Gasteiger partial charge on any atom is -0.284 e. The van der Waals surface area contributed by atoms with Crippen LogP contribution in [0.3, 0.4) is 0 Å². The average molecular weight is 253 g/mol. The van der Waals surface area contributed by atoms with Gasteiger partial charge < -0.3 is 0 Å². The van der Waals surface area contributed by atoms with E-state index in [4.69, 9.17) is 4.84 Å².